The van der Waals surface area contributed by atoms with Gasteiger partial charge in [0.2, 0.25) is 5.88 Å². The average Bonchev–Trinajstić information content (AvgIpc) is 2.90. The van der Waals surface area contributed by atoms with E-state index in [2.05, 4.69) is 9.98 Å². The van der Waals surface area contributed by atoms with Gasteiger partial charge in [-0.1, -0.05) is 30.8 Å². The second kappa shape index (κ2) is 6.96. The molecule has 2 aromatic rings. The first-order valence-corrected chi connectivity index (χ1v) is 8.81. The molecule has 0 N–H and O–H groups in total. The third-order valence-electron chi connectivity index (χ3n) is 4.37. The lowest BCUT2D eigenvalue weighted by Gasteiger charge is -2.21. The maximum absolute atomic E-state index is 13.1. The van der Waals surface area contributed by atoms with E-state index in [-0.39, 0.29) is 17.6 Å². The number of halogens is 1. The maximum atomic E-state index is 13.1. The van der Waals surface area contributed by atoms with Gasteiger partial charge in [0.05, 0.1) is 12.2 Å². The summed E-state index contributed by atoms with van der Waals surface area (Å²) in [5.41, 5.74) is 1.85. The number of amides is 1. The Kier molecular flexibility index (Phi) is 4.90. The van der Waals surface area contributed by atoms with E-state index in [1.807, 2.05) is 19.9 Å². The summed E-state index contributed by atoms with van der Waals surface area (Å²) in [6, 6.07) is 10.0. The van der Waals surface area contributed by atoms with Crippen molar-refractivity contribution in [3.05, 3.63) is 59.5 Å². The van der Waals surface area contributed by atoms with Gasteiger partial charge >= 0.3 is 0 Å². The summed E-state index contributed by atoms with van der Waals surface area (Å²) < 4.78 is 17.5. The van der Waals surface area contributed by atoms with Crippen LogP contribution in [0.3, 0.4) is 0 Å². The number of methoxy groups -OCH3 is 1. The van der Waals surface area contributed by atoms with Crippen molar-refractivity contribution in [1.29, 1.82) is 0 Å². The molecule has 0 fully saturated rings. The quantitative estimate of drug-likeness (QED) is 0.799. The number of benzene rings is 1. The fourth-order valence-electron chi connectivity index (χ4n) is 2.78. The van der Waals surface area contributed by atoms with E-state index in [4.69, 9.17) is 4.74 Å². The summed E-state index contributed by atoms with van der Waals surface area (Å²) in [5.74, 6) is 0.194. The highest BCUT2D eigenvalue weighted by atomic mass is 32.2. The van der Waals surface area contributed by atoms with Gasteiger partial charge in [-0.3, -0.25) is 4.79 Å². The zero-order valence-electron chi connectivity index (χ0n) is 14.3. The van der Waals surface area contributed by atoms with Gasteiger partial charge in [-0.25, -0.2) is 14.4 Å². The molecule has 1 aromatic carbocycles. The first-order chi connectivity index (χ1) is 11.9. The third-order valence-corrected chi connectivity index (χ3v) is 5.68. The Bertz CT molecular complexity index is 822. The predicted molar refractivity (Wildman–Crippen MR) is 97.6 cm³/mol. The molecule has 2 atom stereocenters. The number of carbonyl (C=O) groups excluding carboxylic acids is 1. The lowest BCUT2D eigenvalue weighted by Crippen LogP contribution is -2.24. The summed E-state index contributed by atoms with van der Waals surface area (Å²) in [4.78, 5) is 20.9. The van der Waals surface area contributed by atoms with Crippen LogP contribution < -0.4 is 4.74 Å². The topological polar surface area (TPSA) is 51.5 Å². The normalized spacial score (nSPS) is 21.1. The predicted octanol–water partition coefficient (Wildman–Crippen LogP) is 4.31. The van der Waals surface area contributed by atoms with Crippen LogP contribution in [0, 0.1) is 5.82 Å². The fraction of sp³-hybridized carbons (Fsp3) is 0.316. The van der Waals surface area contributed by atoms with E-state index in [0.717, 1.165) is 16.2 Å². The van der Waals surface area contributed by atoms with Gasteiger partial charge in [0.15, 0.2) is 0 Å². The summed E-state index contributed by atoms with van der Waals surface area (Å²) in [7, 11) is 1.55. The van der Waals surface area contributed by atoms with Crippen LogP contribution in [0.15, 0.2) is 47.6 Å². The van der Waals surface area contributed by atoms with Crippen LogP contribution in [0.25, 0.3) is 0 Å². The van der Waals surface area contributed by atoms with Gasteiger partial charge in [0.1, 0.15) is 10.6 Å². The monoisotopic (exact) mass is 358 g/mol. The molecule has 25 heavy (non-hydrogen) atoms. The number of rotatable bonds is 5. The smallest absolute Gasteiger partial charge is 0.267 e. The molecule has 0 spiro atoms. The summed E-state index contributed by atoms with van der Waals surface area (Å²) in [6.07, 6.45) is 2.27. The molecule has 130 valence electrons. The van der Waals surface area contributed by atoms with Crippen molar-refractivity contribution < 1.29 is 13.9 Å². The van der Waals surface area contributed by atoms with E-state index in [1.165, 1.54) is 23.9 Å². The van der Waals surface area contributed by atoms with E-state index < -0.39 is 4.75 Å². The number of nitrogens with zero attached hydrogens (tertiary/aromatic N) is 2. The van der Waals surface area contributed by atoms with Crippen LogP contribution in [-0.4, -0.2) is 23.0 Å². The van der Waals surface area contributed by atoms with Crippen LogP contribution in [-0.2, 0) is 9.54 Å². The highest BCUT2D eigenvalue weighted by Gasteiger charge is 2.43. The van der Waals surface area contributed by atoms with Crippen molar-refractivity contribution >= 4 is 22.7 Å². The Morgan fingerprint density at radius 2 is 2.00 bits per heavy atom. The maximum Gasteiger partial charge on any atom is 0.267 e. The van der Waals surface area contributed by atoms with Crippen LogP contribution in [0.2, 0.25) is 0 Å². The SMILES string of the molecule is COc1cc(C2(C)SC(C[C@@H](C)c3ccc(F)cc3)=NC2=O)ccn1. The van der Waals surface area contributed by atoms with Gasteiger partial charge in [0, 0.05) is 18.7 Å². The van der Waals surface area contributed by atoms with Crippen LogP contribution in [0.5, 0.6) is 5.88 Å². The second-order valence-corrected chi connectivity index (χ2v) is 7.68. The molecule has 1 aliphatic heterocycles. The fourth-order valence-corrected chi connectivity index (χ4v) is 4.09. The highest BCUT2D eigenvalue weighted by Crippen LogP contribution is 2.45. The number of aliphatic imine (C=N–C) groups is 1. The van der Waals surface area contributed by atoms with Crippen molar-refractivity contribution in [3.63, 3.8) is 0 Å². The molecule has 1 aliphatic rings. The molecule has 0 saturated heterocycles. The minimum atomic E-state index is -0.770. The number of carbonyl (C=O) groups is 1. The highest BCUT2D eigenvalue weighted by molar-refractivity contribution is 8.15. The van der Waals surface area contributed by atoms with E-state index in [1.54, 1.807) is 31.5 Å². The van der Waals surface area contributed by atoms with Crippen molar-refractivity contribution in [1.82, 2.24) is 4.98 Å². The minimum absolute atomic E-state index is 0.147. The van der Waals surface area contributed by atoms with Crippen molar-refractivity contribution in [2.45, 2.75) is 30.9 Å². The molecule has 0 aliphatic carbocycles. The second-order valence-electron chi connectivity index (χ2n) is 6.19. The van der Waals surface area contributed by atoms with Crippen molar-refractivity contribution in [2.24, 2.45) is 4.99 Å². The molecule has 4 nitrogen and oxygen atoms in total. The number of pyridine rings is 1. The number of aromatic nitrogens is 1. The Morgan fingerprint density at radius 3 is 2.68 bits per heavy atom. The van der Waals surface area contributed by atoms with E-state index >= 15 is 0 Å². The first kappa shape index (κ1) is 17.6. The number of hydrogen-bond donors (Lipinski definition) is 0. The molecule has 0 saturated carbocycles. The Balaban J connectivity index is 1.76. The summed E-state index contributed by atoms with van der Waals surface area (Å²) in [6.45, 7) is 3.92. The molecular weight excluding hydrogens is 339 g/mol. The van der Waals surface area contributed by atoms with Gasteiger partial charge in [-0.15, -0.1) is 0 Å². The number of hydrogen-bond acceptors (Lipinski definition) is 4. The molecule has 1 unspecified atom stereocenters. The van der Waals surface area contributed by atoms with Crippen LogP contribution in [0.1, 0.15) is 37.3 Å². The Labute approximate surface area is 150 Å². The molecule has 1 amide bonds. The van der Waals surface area contributed by atoms with E-state index in [0.29, 0.717) is 12.3 Å². The van der Waals surface area contributed by atoms with Crippen LogP contribution in [0.4, 0.5) is 4.39 Å². The van der Waals surface area contributed by atoms with Crippen LogP contribution >= 0.6 is 11.8 Å². The third kappa shape index (κ3) is 3.58. The molecule has 3 rings (SSSR count). The zero-order chi connectivity index (χ0) is 18.0. The first-order valence-electron chi connectivity index (χ1n) is 7.99. The summed E-state index contributed by atoms with van der Waals surface area (Å²) >= 11 is 1.46. The minimum Gasteiger partial charge on any atom is -0.481 e. The Hall–Kier alpha value is -2.21. The van der Waals surface area contributed by atoms with Gasteiger partial charge in [-0.05, 0) is 42.2 Å². The molecule has 2 heterocycles. The standard InChI is InChI=1S/C19H19FN2O2S/c1-12(13-4-6-15(20)7-5-13)10-17-22-18(23)19(2,25-17)14-8-9-21-16(11-14)24-3/h4-9,11-12H,10H2,1-3H3/t12-,19?/m1/s1. The molecular formula is C19H19FN2O2S. The van der Waals surface area contributed by atoms with Gasteiger partial charge in [0.25, 0.3) is 5.91 Å². The van der Waals surface area contributed by atoms with E-state index in [9.17, 15) is 9.18 Å². The lowest BCUT2D eigenvalue weighted by atomic mass is 9.98. The molecule has 1 aromatic heterocycles. The molecule has 6 heteroatoms. The van der Waals surface area contributed by atoms with Crippen molar-refractivity contribution in [3.8, 4) is 5.88 Å². The van der Waals surface area contributed by atoms with Crippen molar-refractivity contribution in [2.75, 3.05) is 7.11 Å². The molecule has 0 bridgehead atoms. The summed E-state index contributed by atoms with van der Waals surface area (Å²) in [5, 5.41) is 0.792. The molecule has 0 radical (unpaired) electrons. The number of thioether (sulfide) groups is 1. The zero-order valence-corrected chi connectivity index (χ0v) is 15.1. The largest absolute Gasteiger partial charge is 0.481 e. The number of ether oxygens (including phenoxy) is 1. The van der Waals surface area contributed by atoms with Gasteiger partial charge in [-0.2, -0.15) is 0 Å². The average molecular weight is 358 g/mol. The van der Waals surface area contributed by atoms with Gasteiger partial charge < -0.3 is 4.74 Å². The lowest BCUT2D eigenvalue weighted by molar-refractivity contribution is -0.119. The Morgan fingerprint density at radius 1 is 1.28 bits per heavy atom.